The van der Waals surface area contributed by atoms with E-state index in [0.717, 1.165) is 31.3 Å². The molecule has 0 bridgehead atoms. The SMILES string of the molecule is CC(C)CC[C@H](O)[C@@H](C)[C@H]1[C@@H](O[C@@H]2O[C@H](CO)[C@H](O)[C@H](O)[C@H]2O)C[C@H]2[C@@H]3CC=C4C[C@@H](O)C[C@@H](O[C@@H]5O[C@H](CO)[C@@H](O)[C@H](O)[C@H]5O)[C@]4(C)[C@H]3CC[C@]12C. The van der Waals surface area contributed by atoms with Crippen LogP contribution in [0.15, 0.2) is 11.6 Å². The zero-order chi connectivity index (χ0) is 38.7. The van der Waals surface area contributed by atoms with Crippen molar-refractivity contribution in [3.63, 3.8) is 0 Å². The number of hydrogen-bond acceptors (Lipinski definition) is 14. The molecule has 53 heavy (non-hydrogen) atoms. The van der Waals surface area contributed by atoms with E-state index in [1.165, 1.54) is 0 Å². The summed E-state index contributed by atoms with van der Waals surface area (Å²) in [6.07, 6.45) is -9.27. The van der Waals surface area contributed by atoms with Gasteiger partial charge in [-0.1, -0.05) is 46.3 Å². The predicted octanol–water partition coefficient (Wildman–Crippen LogP) is -0.0505. The molecule has 2 saturated heterocycles. The average Bonchev–Trinajstić information content (AvgIpc) is 3.42. The second-order valence-corrected chi connectivity index (χ2v) is 18.1. The van der Waals surface area contributed by atoms with Crippen LogP contribution < -0.4 is 0 Å². The molecule has 0 aromatic carbocycles. The Morgan fingerprint density at radius 3 is 1.92 bits per heavy atom. The van der Waals surface area contributed by atoms with Crippen LogP contribution in [0.4, 0.5) is 0 Å². The molecule has 0 aromatic heterocycles. The Kier molecular flexibility index (Phi) is 12.8. The average molecular weight is 759 g/mol. The van der Waals surface area contributed by atoms with Crippen molar-refractivity contribution in [3.05, 3.63) is 11.6 Å². The summed E-state index contributed by atoms with van der Waals surface area (Å²) in [6.45, 7) is 9.58. The fraction of sp³-hybridized carbons (Fsp3) is 0.949. The lowest BCUT2D eigenvalue weighted by Gasteiger charge is -2.60. The summed E-state index contributed by atoms with van der Waals surface area (Å²) in [5, 5.41) is 106. The molecule has 14 heteroatoms. The Morgan fingerprint density at radius 2 is 1.36 bits per heavy atom. The molecule has 21 atom stereocenters. The highest BCUT2D eigenvalue weighted by atomic mass is 16.7. The highest BCUT2D eigenvalue weighted by molar-refractivity contribution is 5.28. The third kappa shape index (κ3) is 7.42. The number of ether oxygens (including phenoxy) is 4. The number of allylic oxidation sites excluding steroid dienone is 1. The molecule has 6 aliphatic rings. The molecule has 4 aliphatic carbocycles. The van der Waals surface area contributed by atoms with Crippen LogP contribution in [0.1, 0.15) is 86.0 Å². The molecule has 6 rings (SSSR count). The normalized spacial score (nSPS) is 51.2. The van der Waals surface area contributed by atoms with Gasteiger partial charge in [0.1, 0.15) is 48.8 Å². The second-order valence-electron chi connectivity index (χ2n) is 18.1. The van der Waals surface area contributed by atoms with Gasteiger partial charge in [0.15, 0.2) is 12.6 Å². The topological polar surface area (TPSA) is 239 Å². The Hall–Kier alpha value is -0.820. The third-order valence-electron chi connectivity index (χ3n) is 14.7. The molecular weight excluding hydrogens is 692 g/mol. The van der Waals surface area contributed by atoms with E-state index in [-0.39, 0.29) is 41.4 Å². The molecule has 2 heterocycles. The fourth-order valence-electron chi connectivity index (χ4n) is 11.7. The first kappa shape index (κ1) is 41.8. The standard InChI is InChI=1S/C39H66O14/c1-17(2)6-9-24(43)18(3)29-25(50-36-34(48)32(46)30(44)26(15-40)51-36)14-23-21-8-7-19-12-20(42)13-28(39(19,5)22(21)10-11-38(23,29)4)53-37-35(49)33(47)31(45)27(16-41)52-37/h7,17-18,20-37,40-49H,6,8-16H2,1-5H3/t18-,20-,21-,22+,23+,24+,25+,26-,27-,28-,29+,30+,31-,32+,33+,34-,35-,36-,37+,38+,39+/m1/s1. The first-order valence-corrected chi connectivity index (χ1v) is 19.9. The number of hydrogen-bond donors (Lipinski definition) is 10. The molecule has 0 radical (unpaired) electrons. The maximum Gasteiger partial charge on any atom is 0.187 e. The van der Waals surface area contributed by atoms with Gasteiger partial charge in [0.25, 0.3) is 0 Å². The molecule has 0 spiro atoms. The minimum absolute atomic E-state index is 0.0794. The van der Waals surface area contributed by atoms with Gasteiger partial charge in [-0.3, -0.25) is 0 Å². The van der Waals surface area contributed by atoms with Crippen LogP contribution in [0.25, 0.3) is 0 Å². The molecule has 3 saturated carbocycles. The number of aliphatic hydroxyl groups is 10. The highest BCUT2D eigenvalue weighted by Gasteiger charge is 2.65. The maximum absolute atomic E-state index is 11.6. The van der Waals surface area contributed by atoms with Crippen molar-refractivity contribution in [1.82, 2.24) is 0 Å². The van der Waals surface area contributed by atoms with Crippen LogP contribution in [0.5, 0.6) is 0 Å². The van der Waals surface area contributed by atoms with E-state index in [2.05, 4.69) is 40.7 Å². The zero-order valence-corrected chi connectivity index (χ0v) is 31.8. The molecule has 5 fully saturated rings. The Labute approximate surface area is 312 Å². The molecule has 0 aromatic rings. The van der Waals surface area contributed by atoms with Gasteiger partial charge in [-0.25, -0.2) is 0 Å². The number of aliphatic hydroxyl groups excluding tert-OH is 10. The predicted molar refractivity (Wildman–Crippen MR) is 188 cm³/mol. The first-order valence-electron chi connectivity index (χ1n) is 19.9. The van der Waals surface area contributed by atoms with Crippen molar-refractivity contribution in [1.29, 1.82) is 0 Å². The van der Waals surface area contributed by atoms with Gasteiger partial charge in [0.05, 0.1) is 37.6 Å². The second kappa shape index (κ2) is 16.2. The van der Waals surface area contributed by atoms with Gasteiger partial charge in [0, 0.05) is 11.8 Å². The number of rotatable bonds is 11. The van der Waals surface area contributed by atoms with E-state index in [0.29, 0.717) is 25.2 Å². The maximum atomic E-state index is 11.6. The zero-order valence-electron chi connectivity index (χ0n) is 31.8. The van der Waals surface area contributed by atoms with E-state index in [1.807, 2.05) is 0 Å². The monoisotopic (exact) mass is 758 g/mol. The summed E-state index contributed by atoms with van der Waals surface area (Å²) < 4.78 is 24.8. The summed E-state index contributed by atoms with van der Waals surface area (Å²) in [7, 11) is 0. The molecule has 14 nitrogen and oxygen atoms in total. The molecule has 306 valence electrons. The van der Waals surface area contributed by atoms with Crippen LogP contribution in [-0.4, -0.2) is 150 Å². The van der Waals surface area contributed by atoms with E-state index in [4.69, 9.17) is 18.9 Å². The molecule has 0 amide bonds. The number of fused-ring (bicyclic) bond motifs is 5. The first-order chi connectivity index (χ1) is 25.0. The van der Waals surface area contributed by atoms with Gasteiger partial charge in [-0.15, -0.1) is 0 Å². The lowest BCUT2D eigenvalue weighted by Crippen LogP contribution is -2.62. The van der Waals surface area contributed by atoms with Crippen LogP contribution in [-0.2, 0) is 18.9 Å². The van der Waals surface area contributed by atoms with Crippen molar-refractivity contribution < 1.29 is 70.0 Å². The van der Waals surface area contributed by atoms with Crippen LogP contribution in [0.3, 0.4) is 0 Å². The quantitative estimate of drug-likeness (QED) is 0.124. The molecule has 10 N–H and O–H groups in total. The van der Waals surface area contributed by atoms with Gasteiger partial charge in [-0.05, 0) is 85.9 Å². The van der Waals surface area contributed by atoms with Crippen molar-refractivity contribution >= 4 is 0 Å². The van der Waals surface area contributed by atoms with Crippen molar-refractivity contribution in [3.8, 4) is 0 Å². The Balaban J connectivity index is 1.31. The smallest absolute Gasteiger partial charge is 0.187 e. The minimum Gasteiger partial charge on any atom is -0.394 e. The van der Waals surface area contributed by atoms with Crippen LogP contribution >= 0.6 is 0 Å². The lowest BCUT2D eigenvalue weighted by molar-refractivity contribution is -0.324. The third-order valence-corrected chi connectivity index (χ3v) is 14.7. The summed E-state index contributed by atoms with van der Waals surface area (Å²) in [5.41, 5.74) is 0.176. The summed E-state index contributed by atoms with van der Waals surface area (Å²) in [4.78, 5) is 0. The summed E-state index contributed by atoms with van der Waals surface area (Å²) in [5.74, 6) is 0.371. The lowest BCUT2D eigenvalue weighted by atomic mass is 9.46. The van der Waals surface area contributed by atoms with Crippen LogP contribution in [0.2, 0.25) is 0 Å². The van der Waals surface area contributed by atoms with Crippen molar-refractivity contribution in [2.75, 3.05) is 13.2 Å². The van der Waals surface area contributed by atoms with E-state index in [9.17, 15) is 51.1 Å². The molecular formula is C39H66O14. The van der Waals surface area contributed by atoms with Crippen molar-refractivity contribution in [2.24, 2.45) is 46.3 Å². The highest BCUT2D eigenvalue weighted by Crippen LogP contribution is 2.68. The summed E-state index contributed by atoms with van der Waals surface area (Å²) in [6, 6.07) is 0. The van der Waals surface area contributed by atoms with Gasteiger partial charge in [-0.2, -0.15) is 0 Å². The largest absolute Gasteiger partial charge is 0.394 e. The van der Waals surface area contributed by atoms with Gasteiger partial charge < -0.3 is 70.0 Å². The van der Waals surface area contributed by atoms with Gasteiger partial charge in [0.2, 0.25) is 0 Å². The Bertz CT molecular complexity index is 1260. The Morgan fingerprint density at radius 1 is 0.774 bits per heavy atom. The minimum atomic E-state index is -1.59. The van der Waals surface area contributed by atoms with E-state index < -0.39 is 104 Å². The molecule has 0 unspecified atom stereocenters. The fourth-order valence-corrected chi connectivity index (χ4v) is 11.7. The van der Waals surface area contributed by atoms with E-state index in [1.54, 1.807) is 0 Å². The van der Waals surface area contributed by atoms with Crippen LogP contribution in [0, 0.1) is 46.3 Å². The van der Waals surface area contributed by atoms with E-state index >= 15 is 0 Å². The van der Waals surface area contributed by atoms with Gasteiger partial charge >= 0.3 is 0 Å². The summed E-state index contributed by atoms with van der Waals surface area (Å²) >= 11 is 0. The molecule has 2 aliphatic heterocycles. The van der Waals surface area contributed by atoms with Crippen molar-refractivity contribution in [2.45, 2.75) is 172 Å².